The summed E-state index contributed by atoms with van der Waals surface area (Å²) in [6, 6.07) is 3.95. The molecule has 0 spiro atoms. The van der Waals surface area contributed by atoms with Crippen LogP contribution >= 0.6 is 8.73 Å². The zero-order valence-corrected chi connectivity index (χ0v) is 8.54. The molecule has 0 bridgehead atoms. The van der Waals surface area contributed by atoms with Crippen molar-refractivity contribution in [3.63, 3.8) is 0 Å². The van der Waals surface area contributed by atoms with Gasteiger partial charge in [0.2, 0.25) is 0 Å². The maximum Gasteiger partial charge on any atom is 0.138 e. The SMILES string of the molecule is CCN(CC)PCC(C#N)C#N. The van der Waals surface area contributed by atoms with Crippen LogP contribution in [-0.2, 0) is 0 Å². The van der Waals surface area contributed by atoms with Gasteiger partial charge in [-0.05, 0) is 21.8 Å². The highest BCUT2D eigenvalue weighted by Gasteiger charge is 2.06. The van der Waals surface area contributed by atoms with Crippen LogP contribution in [0, 0.1) is 28.6 Å². The van der Waals surface area contributed by atoms with Gasteiger partial charge >= 0.3 is 0 Å². The summed E-state index contributed by atoms with van der Waals surface area (Å²) in [5, 5.41) is 17.0. The minimum atomic E-state index is -0.427. The Morgan fingerprint density at radius 3 is 2.08 bits per heavy atom. The maximum absolute atomic E-state index is 8.50. The van der Waals surface area contributed by atoms with Crippen LogP contribution < -0.4 is 0 Å². The zero-order valence-electron chi connectivity index (χ0n) is 7.54. The van der Waals surface area contributed by atoms with Crippen LogP contribution in [0.5, 0.6) is 0 Å². The highest BCUT2D eigenvalue weighted by Crippen LogP contribution is 2.19. The third-order valence-corrected chi connectivity index (χ3v) is 3.26. The van der Waals surface area contributed by atoms with E-state index in [0.717, 1.165) is 13.1 Å². The number of rotatable bonds is 5. The van der Waals surface area contributed by atoms with Gasteiger partial charge in [0.1, 0.15) is 5.92 Å². The van der Waals surface area contributed by atoms with Gasteiger partial charge in [0.15, 0.2) is 0 Å². The summed E-state index contributed by atoms with van der Waals surface area (Å²) < 4.78 is 2.24. The van der Waals surface area contributed by atoms with Crippen LogP contribution in [-0.4, -0.2) is 23.9 Å². The molecule has 0 aromatic carbocycles. The Labute approximate surface area is 75.8 Å². The van der Waals surface area contributed by atoms with Crippen LogP contribution in [0.1, 0.15) is 13.8 Å². The normalized spacial score (nSPS) is 10.8. The van der Waals surface area contributed by atoms with E-state index in [-0.39, 0.29) is 0 Å². The van der Waals surface area contributed by atoms with Crippen molar-refractivity contribution in [3.05, 3.63) is 0 Å². The number of nitriles is 2. The van der Waals surface area contributed by atoms with E-state index in [2.05, 4.69) is 18.5 Å². The van der Waals surface area contributed by atoms with Crippen molar-refractivity contribution in [2.24, 2.45) is 5.92 Å². The van der Waals surface area contributed by atoms with Crippen molar-refractivity contribution in [1.29, 1.82) is 10.5 Å². The molecule has 4 heteroatoms. The van der Waals surface area contributed by atoms with Gasteiger partial charge in [0, 0.05) is 6.16 Å². The first kappa shape index (κ1) is 11.4. The largest absolute Gasteiger partial charge is 0.285 e. The molecule has 0 aliphatic carbocycles. The van der Waals surface area contributed by atoms with Crippen molar-refractivity contribution < 1.29 is 0 Å². The molecule has 0 fully saturated rings. The van der Waals surface area contributed by atoms with Gasteiger partial charge in [0.25, 0.3) is 0 Å². The lowest BCUT2D eigenvalue weighted by molar-refractivity contribution is 0.514. The van der Waals surface area contributed by atoms with E-state index >= 15 is 0 Å². The Kier molecular flexibility index (Phi) is 6.67. The van der Waals surface area contributed by atoms with E-state index < -0.39 is 5.92 Å². The number of hydrogen-bond donors (Lipinski definition) is 0. The molecule has 0 aromatic heterocycles. The Hall–Kier alpha value is -0.630. The van der Waals surface area contributed by atoms with Gasteiger partial charge in [-0.2, -0.15) is 10.5 Å². The first-order valence-electron chi connectivity index (χ1n) is 4.06. The van der Waals surface area contributed by atoms with E-state index in [4.69, 9.17) is 10.5 Å². The Morgan fingerprint density at radius 1 is 1.25 bits per heavy atom. The molecular weight excluding hydrogens is 169 g/mol. The maximum atomic E-state index is 8.50. The summed E-state index contributed by atoms with van der Waals surface area (Å²) in [4.78, 5) is 0. The molecule has 0 rings (SSSR count). The highest BCUT2D eigenvalue weighted by atomic mass is 31.1. The first-order valence-corrected chi connectivity index (χ1v) is 5.21. The van der Waals surface area contributed by atoms with Crippen LogP contribution in [0.25, 0.3) is 0 Å². The molecule has 0 heterocycles. The molecule has 3 nitrogen and oxygen atoms in total. The van der Waals surface area contributed by atoms with Crippen LogP contribution in [0.4, 0.5) is 0 Å². The molecule has 66 valence electrons. The molecule has 0 N–H and O–H groups in total. The van der Waals surface area contributed by atoms with Gasteiger partial charge < -0.3 is 0 Å². The molecule has 0 saturated carbocycles. The quantitative estimate of drug-likeness (QED) is 0.608. The van der Waals surface area contributed by atoms with Crippen LogP contribution in [0.3, 0.4) is 0 Å². The lowest BCUT2D eigenvalue weighted by Gasteiger charge is -2.17. The molecule has 0 saturated heterocycles. The Balaban J connectivity index is 3.67. The van der Waals surface area contributed by atoms with Gasteiger partial charge in [-0.3, -0.25) is 4.67 Å². The predicted octanol–water partition coefficient (Wildman–Crippen LogP) is 1.59. The number of nitrogens with zero attached hydrogens (tertiary/aromatic N) is 3. The molecular formula is C8H14N3P. The van der Waals surface area contributed by atoms with Crippen molar-refractivity contribution in [1.82, 2.24) is 4.67 Å². The second-order valence-corrected chi connectivity index (χ2v) is 3.70. The minimum absolute atomic E-state index is 0.427. The molecule has 0 amide bonds. The van der Waals surface area contributed by atoms with Crippen molar-refractivity contribution >= 4 is 8.73 Å². The number of hydrogen-bond acceptors (Lipinski definition) is 3. The average Bonchev–Trinajstić information content (AvgIpc) is 2.13. The second-order valence-electron chi connectivity index (χ2n) is 2.35. The molecule has 0 aliphatic heterocycles. The third-order valence-electron chi connectivity index (χ3n) is 1.59. The average molecular weight is 183 g/mol. The first-order chi connectivity index (χ1) is 5.78. The Bertz CT molecular complexity index is 173. The van der Waals surface area contributed by atoms with Gasteiger partial charge in [0.05, 0.1) is 12.1 Å². The molecule has 0 aliphatic rings. The summed E-state index contributed by atoms with van der Waals surface area (Å²) in [6.45, 7) is 6.17. The molecule has 1 unspecified atom stereocenters. The van der Waals surface area contributed by atoms with Crippen LogP contribution in [0.2, 0.25) is 0 Å². The third kappa shape index (κ3) is 4.29. The van der Waals surface area contributed by atoms with E-state index in [1.807, 2.05) is 12.1 Å². The fourth-order valence-corrected chi connectivity index (χ4v) is 1.86. The summed E-state index contributed by atoms with van der Waals surface area (Å²) in [6.07, 6.45) is 0.689. The lowest BCUT2D eigenvalue weighted by atomic mass is 10.2. The van der Waals surface area contributed by atoms with Gasteiger partial charge in [-0.15, -0.1) is 0 Å². The summed E-state index contributed by atoms with van der Waals surface area (Å²) in [5.41, 5.74) is 0. The summed E-state index contributed by atoms with van der Waals surface area (Å²) in [5.74, 6) is -0.427. The highest BCUT2D eigenvalue weighted by molar-refractivity contribution is 7.35. The minimum Gasteiger partial charge on any atom is -0.285 e. The smallest absolute Gasteiger partial charge is 0.138 e. The molecule has 12 heavy (non-hydrogen) atoms. The monoisotopic (exact) mass is 183 g/mol. The van der Waals surface area contributed by atoms with Gasteiger partial charge in [-0.1, -0.05) is 13.8 Å². The molecule has 1 atom stereocenters. The fraction of sp³-hybridized carbons (Fsp3) is 0.750. The standard InChI is InChI=1S/C8H14N3P/c1-3-11(4-2)12-7-8(5-9)6-10/h8,12H,3-4,7H2,1-2H3. The van der Waals surface area contributed by atoms with Crippen LogP contribution in [0.15, 0.2) is 0 Å². The van der Waals surface area contributed by atoms with E-state index in [1.54, 1.807) is 0 Å². The Morgan fingerprint density at radius 2 is 1.75 bits per heavy atom. The molecule has 0 radical (unpaired) electrons. The van der Waals surface area contributed by atoms with Gasteiger partial charge in [-0.25, -0.2) is 0 Å². The zero-order chi connectivity index (χ0) is 9.40. The van der Waals surface area contributed by atoms with Crippen molar-refractivity contribution in [2.75, 3.05) is 19.3 Å². The van der Waals surface area contributed by atoms with Crippen molar-refractivity contribution in [3.8, 4) is 12.1 Å². The predicted molar refractivity (Wildman–Crippen MR) is 50.8 cm³/mol. The molecule has 0 aromatic rings. The van der Waals surface area contributed by atoms with E-state index in [9.17, 15) is 0 Å². The lowest BCUT2D eigenvalue weighted by Crippen LogP contribution is -2.14. The van der Waals surface area contributed by atoms with E-state index in [1.165, 1.54) is 0 Å². The van der Waals surface area contributed by atoms with Crippen molar-refractivity contribution in [2.45, 2.75) is 13.8 Å². The topological polar surface area (TPSA) is 50.8 Å². The summed E-state index contributed by atoms with van der Waals surface area (Å²) >= 11 is 0. The van der Waals surface area contributed by atoms with E-state index in [0.29, 0.717) is 14.9 Å². The second kappa shape index (κ2) is 7.04. The summed E-state index contributed by atoms with van der Waals surface area (Å²) in [7, 11) is 0.606. The fourth-order valence-electron chi connectivity index (χ4n) is 0.788.